The molecule has 2 aromatic rings. The first-order chi connectivity index (χ1) is 9.76. The zero-order valence-corrected chi connectivity index (χ0v) is 12.4. The quantitative estimate of drug-likeness (QED) is 0.848. The highest BCUT2D eigenvalue weighted by Gasteiger charge is 2.08. The summed E-state index contributed by atoms with van der Waals surface area (Å²) < 4.78 is 11.4. The summed E-state index contributed by atoms with van der Waals surface area (Å²) in [4.78, 5) is 0. The third kappa shape index (κ3) is 3.63. The topological polar surface area (TPSA) is 44.5 Å². The van der Waals surface area contributed by atoms with Gasteiger partial charge in [-0.1, -0.05) is 35.9 Å². The molecule has 4 heteroatoms. The van der Waals surface area contributed by atoms with Gasteiger partial charge in [-0.05, 0) is 19.1 Å². The zero-order valence-electron chi connectivity index (χ0n) is 11.6. The van der Waals surface area contributed by atoms with Crippen LogP contribution in [0.25, 0.3) is 10.8 Å². The third-order valence-electron chi connectivity index (χ3n) is 3.19. The van der Waals surface area contributed by atoms with Gasteiger partial charge in [0.05, 0.1) is 12.7 Å². The van der Waals surface area contributed by atoms with E-state index in [1.54, 1.807) is 0 Å². The highest BCUT2D eigenvalue weighted by Crippen LogP contribution is 2.31. The van der Waals surface area contributed by atoms with Crippen LogP contribution in [0, 0.1) is 0 Å². The molecule has 0 radical (unpaired) electrons. The van der Waals surface area contributed by atoms with Crippen LogP contribution in [0.1, 0.15) is 13.3 Å². The number of nitrogens with two attached hydrogens (primary N) is 1. The van der Waals surface area contributed by atoms with Crippen LogP contribution in [0.15, 0.2) is 36.4 Å². The molecule has 0 aliphatic heterocycles. The van der Waals surface area contributed by atoms with E-state index >= 15 is 0 Å². The van der Waals surface area contributed by atoms with Crippen molar-refractivity contribution in [3.8, 4) is 5.75 Å². The molecule has 0 aliphatic carbocycles. The Labute approximate surface area is 124 Å². The van der Waals surface area contributed by atoms with E-state index < -0.39 is 0 Å². The predicted molar refractivity (Wildman–Crippen MR) is 83.5 cm³/mol. The van der Waals surface area contributed by atoms with Crippen molar-refractivity contribution in [1.29, 1.82) is 0 Å². The Hall–Kier alpha value is -1.29. The smallest absolute Gasteiger partial charge is 0.127 e. The lowest BCUT2D eigenvalue weighted by Crippen LogP contribution is -2.25. The third-order valence-corrected chi connectivity index (χ3v) is 3.52. The second kappa shape index (κ2) is 7.48. The van der Waals surface area contributed by atoms with E-state index in [0.717, 1.165) is 28.0 Å². The Morgan fingerprint density at radius 1 is 1.15 bits per heavy atom. The molecule has 0 aromatic heterocycles. The van der Waals surface area contributed by atoms with E-state index in [-0.39, 0.29) is 6.10 Å². The van der Waals surface area contributed by atoms with Crippen LogP contribution in [0.2, 0.25) is 5.02 Å². The van der Waals surface area contributed by atoms with Gasteiger partial charge in [0.15, 0.2) is 0 Å². The highest BCUT2D eigenvalue weighted by atomic mass is 35.5. The summed E-state index contributed by atoms with van der Waals surface area (Å²) in [5.41, 5.74) is 5.65. The second-order valence-electron chi connectivity index (χ2n) is 4.54. The van der Waals surface area contributed by atoms with Crippen molar-refractivity contribution < 1.29 is 9.47 Å². The lowest BCUT2D eigenvalue weighted by molar-refractivity contribution is 0.0528. The van der Waals surface area contributed by atoms with Crippen LogP contribution < -0.4 is 10.5 Å². The maximum absolute atomic E-state index is 6.19. The maximum Gasteiger partial charge on any atom is 0.127 e. The van der Waals surface area contributed by atoms with Gasteiger partial charge < -0.3 is 15.2 Å². The first-order valence-corrected chi connectivity index (χ1v) is 7.25. The van der Waals surface area contributed by atoms with Crippen molar-refractivity contribution in [2.75, 3.05) is 19.8 Å². The van der Waals surface area contributed by atoms with E-state index in [0.29, 0.717) is 19.8 Å². The molecule has 0 aliphatic rings. The number of rotatable bonds is 7. The summed E-state index contributed by atoms with van der Waals surface area (Å²) in [5.74, 6) is 0.845. The normalized spacial score (nSPS) is 12.6. The molecule has 0 bridgehead atoms. The maximum atomic E-state index is 6.19. The number of hydrogen-bond donors (Lipinski definition) is 1. The average Bonchev–Trinajstić information content (AvgIpc) is 2.49. The summed E-state index contributed by atoms with van der Waals surface area (Å²) in [6, 6.07) is 11.7. The molecule has 1 atom stereocenters. The molecule has 0 fully saturated rings. The van der Waals surface area contributed by atoms with Crippen LogP contribution >= 0.6 is 11.6 Å². The summed E-state index contributed by atoms with van der Waals surface area (Å²) in [7, 11) is 0. The molecule has 20 heavy (non-hydrogen) atoms. The van der Waals surface area contributed by atoms with Crippen molar-refractivity contribution >= 4 is 22.4 Å². The van der Waals surface area contributed by atoms with Crippen molar-refractivity contribution in [3.63, 3.8) is 0 Å². The van der Waals surface area contributed by atoms with Gasteiger partial charge in [0.2, 0.25) is 0 Å². The summed E-state index contributed by atoms with van der Waals surface area (Å²) >= 11 is 6.19. The van der Waals surface area contributed by atoms with Crippen molar-refractivity contribution in [2.24, 2.45) is 5.73 Å². The van der Waals surface area contributed by atoms with Gasteiger partial charge in [0, 0.05) is 35.4 Å². The molecule has 2 aromatic carbocycles. The van der Waals surface area contributed by atoms with Crippen LogP contribution in [0.3, 0.4) is 0 Å². The van der Waals surface area contributed by atoms with Gasteiger partial charge in [0.25, 0.3) is 0 Å². The Morgan fingerprint density at radius 2 is 1.90 bits per heavy atom. The molecule has 2 rings (SSSR count). The number of hydrogen-bond acceptors (Lipinski definition) is 3. The van der Waals surface area contributed by atoms with Gasteiger partial charge in [-0.25, -0.2) is 0 Å². The fraction of sp³-hybridized carbons (Fsp3) is 0.375. The number of ether oxygens (including phenoxy) is 2. The Morgan fingerprint density at radius 3 is 2.60 bits per heavy atom. The molecule has 1 unspecified atom stereocenters. The predicted octanol–water partition coefficient (Wildman–Crippen LogP) is 3.63. The molecule has 0 heterocycles. The molecule has 0 saturated heterocycles. The minimum absolute atomic E-state index is 0.0542. The highest BCUT2D eigenvalue weighted by molar-refractivity contribution is 6.35. The van der Waals surface area contributed by atoms with Crippen molar-refractivity contribution in [1.82, 2.24) is 0 Å². The van der Waals surface area contributed by atoms with Gasteiger partial charge in [-0.2, -0.15) is 0 Å². The van der Waals surface area contributed by atoms with Crippen LogP contribution in [-0.2, 0) is 4.74 Å². The fourth-order valence-corrected chi connectivity index (χ4v) is 2.39. The van der Waals surface area contributed by atoms with Gasteiger partial charge in [-0.15, -0.1) is 0 Å². The lowest BCUT2D eigenvalue weighted by atomic mass is 10.1. The molecule has 3 nitrogen and oxygen atoms in total. The van der Waals surface area contributed by atoms with Gasteiger partial charge in [0.1, 0.15) is 5.75 Å². The number of benzene rings is 2. The van der Waals surface area contributed by atoms with Crippen LogP contribution in [0.4, 0.5) is 0 Å². The Bertz CT molecular complexity index is 559. The average molecular weight is 294 g/mol. The molecule has 2 N–H and O–H groups in total. The molecular weight excluding hydrogens is 274 g/mol. The minimum atomic E-state index is 0.0542. The van der Waals surface area contributed by atoms with E-state index in [2.05, 4.69) is 0 Å². The summed E-state index contributed by atoms with van der Waals surface area (Å²) in [6.07, 6.45) is 0.833. The van der Waals surface area contributed by atoms with E-state index in [1.807, 2.05) is 43.3 Å². The van der Waals surface area contributed by atoms with Crippen molar-refractivity contribution in [2.45, 2.75) is 19.4 Å². The van der Waals surface area contributed by atoms with Crippen LogP contribution in [-0.4, -0.2) is 25.9 Å². The Kier molecular flexibility index (Phi) is 5.65. The number of halogens is 1. The van der Waals surface area contributed by atoms with Crippen LogP contribution in [0.5, 0.6) is 5.75 Å². The largest absolute Gasteiger partial charge is 0.493 e. The van der Waals surface area contributed by atoms with E-state index in [4.69, 9.17) is 26.8 Å². The molecule has 0 amide bonds. The second-order valence-corrected chi connectivity index (χ2v) is 4.95. The Balaban J connectivity index is 2.05. The monoisotopic (exact) mass is 293 g/mol. The summed E-state index contributed by atoms with van der Waals surface area (Å²) in [5, 5.41) is 2.77. The SMILES string of the molecule is CCOC(CN)CCOc1ccc(Cl)c2ccccc12. The lowest BCUT2D eigenvalue weighted by Gasteiger charge is -2.16. The van der Waals surface area contributed by atoms with E-state index in [1.165, 1.54) is 0 Å². The van der Waals surface area contributed by atoms with Crippen molar-refractivity contribution in [3.05, 3.63) is 41.4 Å². The number of fused-ring (bicyclic) bond motifs is 1. The fourth-order valence-electron chi connectivity index (χ4n) is 2.17. The first-order valence-electron chi connectivity index (χ1n) is 6.88. The molecule has 0 spiro atoms. The molecule has 0 saturated carbocycles. The first kappa shape index (κ1) is 15.1. The van der Waals surface area contributed by atoms with Gasteiger partial charge in [-0.3, -0.25) is 0 Å². The molecular formula is C16H20ClNO2. The van der Waals surface area contributed by atoms with Gasteiger partial charge >= 0.3 is 0 Å². The molecule has 108 valence electrons. The zero-order chi connectivity index (χ0) is 14.4. The van der Waals surface area contributed by atoms with E-state index in [9.17, 15) is 0 Å². The summed E-state index contributed by atoms with van der Waals surface area (Å²) in [6.45, 7) is 3.73. The minimum Gasteiger partial charge on any atom is -0.493 e. The standard InChI is InChI=1S/C16H20ClNO2/c1-2-19-12(11-18)9-10-20-16-8-7-15(17)13-5-3-4-6-14(13)16/h3-8,12H,2,9-11,18H2,1H3.